The second kappa shape index (κ2) is 19.6. The summed E-state index contributed by atoms with van der Waals surface area (Å²) in [5.74, 6) is 0.328. The second-order valence-electron chi connectivity index (χ2n) is 6.85. The summed E-state index contributed by atoms with van der Waals surface area (Å²) < 4.78 is 26.7. The number of carbonyl (C=O) groups excluding carboxylic acids is 1. The van der Waals surface area contributed by atoms with E-state index < -0.39 is 7.82 Å². The van der Waals surface area contributed by atoms with Gasteiger partial charge in [-0.05, 0) is 31.6 Å². The summed E-state index contributed by atoms with van der Waals surface area (Å²) in [6.45, 7) is 14.5. The van der Waals surface area contributed by atoms with E-state index in [-0.39, 0.29) is 5.97 Å². The van der Waals surface area contributed by atoms with Gasteiger partial charge in [0.05, 0.1) is 19.8 Å². The van der Waals surface area contributed by atoms with Crippen LogP contribution in [0.3, 0.4) is 0 Å². The Bertz CT molecular complexity index is 403. The maximum Gasteiger partial charge on any atom is 0.472 e. The standard InChI is InChI=1S/C16H35O4P.C5H8O2/c1-5-9-11-15(7-3)13-19-21(17,18)20-14-16(8-4)12-10-6-2;1-3-5(6)7-4-2/h15-16H,5-14H2,1-4H3,(H,17,18);3H,1,4H2,2H3. The largest absolute Gasteiger partial charge is 0.472 e. The average Bonchev–Trinajstić information content (AvgIpc) is 2.69. The molecule has 0 spiro atoms. The highest BCUT2D eigenvalue weighted by molar-refractivity contribution is 7.47. The number of unbranched alkanes of at least 4 members (excludes halogenated alkanes) is 2. The van der Waals surface area contributed by atoms with Gasteiger partial charge in [-0.15, -0.1) is 0 Å². The molecule has 0 bridgehead atoms. The molecule has 0 aromatic rings. The Morgan fingerprint density at radius 3 is 1.64 bits per heavy atom. The number of phosphoric acid groups is 1. The molecule has 28 heavy (non-hydrogen) atoms. The molecule has 0 fully saturated rings. The first-order chi connectivity index (χ1) is 13.3. The molecule has 0 saturated heterocycles. The Morgan fingerprint density at radius 1 is 0.964 bits per heavy atom. The van der Waals surface area contributed by atoms with Crippen molar-refractivity contribution in [3.8, 4) is 0 Å². The van der Waals surface area contributed by atoms with Crippen LogP contribution in [0.2, 0.25) is 0 Å². The Kier molecular flexibility index (Phi) is 20.7. The first kappa shape index (κ1) is 29.5. The first-order valence-corrected chi connectivity index (χ1v) is 12.2. The lowest BCUT2D eigenvalue weighted by atomic mass is 10.0. The highest BCUT2D eigenvalue weighted by Crippen LogP contribution is 2.44. The van der Waals surface area contributed by atoms with E-state index in [1.54, 1.807) is 6.92 Å². The van der Waals surface area contributed by atoms with Crippen molar-refractivity contribution in [2.45, 2.75) is 86.0 Å². The quantitative estimate of drug-likeness (QED) is 0.179. The van der Waals surface area contributed by atoms with Gasteiger partial charge >= 0.3 is 13.8 Å². The van der Waals surface area contributed by atoms with Gasteiger partial charge in [-0.3, -0.25) is 9.05 Å². The Balaban J connectivity index is 0. The zero-order chi connectivity index (χ0) is 21.8. The average molecular weight is 423 g/mol. The summed E-state index contributed by atoms with van der Waals surface area (Å²) in [6.07, 6.45) is 9.70. The summed E-state index contributed by atoms with van der Waals surface area (Å²) >= 11 is 0. The number of rotatable bonds is 16. The van der Waals surface area contributed by atoms with Crippen LogP contribution in [-0.4, -0.2) is 30.7 Å². The molecule has 2 atom stereocenters. The summed E-state index contributed by atoms with van der Waals surface area (Å²) in [6, 6.07) is 0. The highest BCUT2D eigenvalue weighted by Gasteiger charge is 2.24. The molecule has 1 N–H and O–H groups in total. The molecular weight excluding hydrogens is 379 g/mol. The van der Waals surface area contributed by atoms with Gasteiger partial charge in [0.25, 0.3) is 0 Å². The maximum absolute atomic E-state index is 11.9. The van der Waals surface area contributed by atoms with Gasteiger partial charge in [-0.25, -0.2) is 9.36 Å². The molecule has 0 aliphatic heterocycles. The van der Waals surface area contributed by atoms with Gasteiger partial charge in [0, 0.05) is 6.08 Å². The van der Waals surface area contributed by atoms with Crippen LogP contribution < -0.4 is 0 Å². The third kappa shape index (κ3) is 18.7. The third-order valence-electron chi connectivity index (χ3n) is 4.49. The van der Waals surface area contributed by atoms with Crippen molar-refractivity contribution in [3.63, 3.8) is 0 Å². The van der Waals surface area contributed by atoms with Crippen LogP contribution in [0.25, 0.3) is 0 Å². The van der Waals surface area contributed by atoms with E-state index in [0.717, 1.165) is 57.4 Å². The van der Waals surface area contributed by atoms with Crippen molar-refractivity contribution in [3.05, 3.63) is 12.7 Å². The van der Waals surface area contributed by atoms with Crippen LogP contribution in [0.4, 0.5) is 0 Å². The summed E-state index contributed by atoms with van der Waals surface area (Å²) in [4.78, 5) is 19.8. The fourth-order valence-corrected chi connectivity index (χ4v) is 3.31. The van der Waals surface area contributed by atoms with Gasteiger partial charge in [0.2, 0.25) is 0 Å². The zero-order valence-corrected chi connectivity index (χ0v) is 19.5. The molecule has 7 heteroatoms. The van der Waals surface area contributed by atoms with Crippen LogP contribution in [0, 0.1) is 11.8 Å². The summed E-state index contributed by atoms with van der Waals surface area (Å²) in [7, 11) is -3.89. The normalized spacial score (nSPS) is 14.9. The van der Waals surface area contributed by atoms with Crippen LogP contribution in [0.5, 0.6) is 0 Å². The molecule has 0 heterocycles. The molecule has 168 valence electrons. The van der Waals surface area contributed by atoms with Gasteiger partial charge in [0.15, 0.2) is 0 Å². The molecule has 0 aliphatic carbocycles. The first-order valence-electron chi connectivity index (χ1n) is 10.7. The minimum Gasteiger partial charge on any atom is -0.463 e. The van der Waals surface area contributed by atoms with Crippen molar-refractivity contribution in [2.24, 2.45) is 11.8 Å². The maximum atomic E-state index is 11.9. The molecule has 0 radical (unpaired) electrons. The topological polar surface area (TPSA) is 82.1 Å². The minimum absolute atomic E-state index is 0.316. The molecule has 0 aromatic heterocycles. The molecular formula is C21H43O6P. The highest BCUT2D eigenvalue weighted by atomic mass is 31.2. The Morgan fingerprint density at radius 2 is 1.39 bits per heavy atom. The number of phosphoric ester groups is 1. The van der Waals surface area contributed by atoms with Gasteiger partial charge < -0.3 is 9.63 Å². The van der Waals surface area contributed by atoms with Crippen LogP contribution in [0.15, 0.2) is 12.7 Å². The molecule has 6 nitrogen and oxygen atoms in total. The van der Waals surface area contributed by atoms with Crippen LogP contribution >= 0.6 is 7.82 Å². The number of hydrogen-bond acceptors (Lipinski definition) is 5. The van der Waals surface area contributed by atoms with Crippen molar-refractivity contribution < 1.29 is 28.0 Å². The fraction of sp³-hybridized carbons (Fsp3) is 0.857. The lowest BCUT2D eigenvalue weighted by Gasteiger charge is -2.20. The predicted molar refractivity (Wildman–Crippen MR) is 115 cm³/mol. The van der Waals surface area contributed by atoms with E-state index in [1.807, 2.05) is 0 Å². The molecule has 0 saturated carbocycles. The summed E-state index contributed by atoms with van der Waals surface area (Å²) in [5, 5.41) is 0. The minimum atomic E-state index is -3.89. The van der Waals surface area contributed by atoms with Gasteiger partial charge in [-0.2, -0.15) is 0 Å². The van der Waals surface area contributed by atoms with E-state index in [4.69, 9.17) is 9.05 Å². The Labute approximate surface area is 172 Å². The van der Waals surface area contributed by atoms with Gasteiger partial charge in [-0.1, -0.05) is 72.8 Å². The zero-order valence-electron chi connectivity index (χ0n) is 18.7. The molecule has 2 unspecified atom stereocenters. The number of hydrogen-bond donors (Lipinski definition) is 1. The van der Waals surface area contributed by atoms with Gasteiger partial charge in [0.1, 0.15) is 0 Å². The van der Waals surface area contributed by atoms with E-state index in [9.17, 15) is 14.3 Å². The molecule has 0 amide bonds. The van der Waals surface area contributed by atoms with Crippen molar-refractivity contribution >= 4 is 13.8 Å². The monoisotopic (exact) mass is 422 g/mol. The van der Waals surface area contributed by atoms with Crippen LogP contribution in [-0.2, 0) is 23.1 Å². The van der Waals surface area contributed by atoms with E-state index >= 15 is 0 Å². The fourth-order valence-electron chi connectivity index (χ4n) is 2.43. The van der Waals surface area contributed by atoms with Crippen molar-refractivity contribution in [1.29, 1.82) is 0 Å². The number of ether oxygens (including phenoxy) is 1. The van der Waals surface area contributed by atoms with E-state index in [0.29, 0.717) is 31.7 Å². The SMILES string of the molecule is C=CC(=O)OCC.CCCCC(CC)COP(=O)(O)OCC(CC)CCCC. The molecule has 0 aromatic carbocycles. The molecule has 0 rings (SSSR count). The lowest BCUT2D eigenvalue weighted by molar-refractivity contribution is -0.137. The number of carbonyl (C=O) groups is 1. The van der Waals surface area contributed by atoms with Crippen molar-refractivity contribution in [1.82, 2.24) is 0 Å². The van der Waals surface area contributed by atoms with E-state index in [1.165, 1.54) is 0 Å². The third-order valence-corrected chi connectivity index (χ3v) is 5.44. The van der Waals surface area contributed by atoms with Crippen molar-refractivity contribution in [2.75, 3.05) is 19.8 Å². The second-order valence-corrected chi connectivity index (χ2v) is 8.30. The summed E-state index contributed by atoms with van der Waals surface area (Å²) in [5.41, 5.74) is 0. The smallest absolute Gasteiger partial charge is 0.463 e. The van der Waals surface area contributed by atoms with Crippen LogP contribution in [0.1, 0.15) is 86.0 Å². The van der Waals surface area contributed by atoms with E-state index in [2.05, 4.69) is 39.0 Å². The predicted octanol–water partition coefficient (Wildman–Crippen LogP) is 6.29. The lowest BCUT2D eigenvalue weighted by Crippen LogP contribution is -2.12. The number of esters is 1. The Hall–Kier alpha value is -0.680. The molecule has 0 aliphatic rings.